The molecule has 0 radical (unpaired) electrons. The van der Waals surface area contributed by atoms with Gasteiger partial charge in [-0.3, -0.25) is 25.1 Å². The van der Waals surface area contributed by atoms with Gasteiger partial charge in [0.25, 0.3) is 5.69 Å². The Morgan fingerprint density at radius 1 is 1.03 bits per heavy atom. The minimum Gasteiger partial charge on any atom is -0.369 e. The van der Waals surface area contributed by atoms with Crippen LogP contribution in [0.15, 0.2) is 42.5 Å². The number of anilines is 2. The molecule has 1 heterocycles. The molecule has 31 heavy (non-hydrogen) atoms. The van der Waals surface area contributed by atoms with Crippen LogP contribution in [0, 0.1) is 24.0 Å². The maximum absolute atomic E-state index is 12.5. The maximum atomic E-state index is 12.5. The number of nitrogens with zero attached hydrogens (tertiary/aromatic N) is 3. The van der Waals surface area contributed by atoms with Crippen molar-refractivity contribution in [1.29, 1.82) is 0 Å². The van der Waals surface area contributed by atoms with Crippen molar-refractivity contribution in [1.82, 2.24) is 10.2 Å². The van der Waals surface area contributed by atoms with Crippen molar-refractivity contribution in [2.24, 2.45) is 0 Å². The highest BCUT2D eigenvalue weighted by Crippen LogP contribution is 2.21. The largest absolute Gasteiger partial charge is 0.369 e. The molecule has 164 valence electrons. The molecule has 0 saturated carbocycles. The second-order valence-corrected chi connectivity index (χ2v) is 7.73. The molecule has 0 unspecified atom stereocenters. The first-order valence-corrected chi connectivity index (χ1v) is 10.2. The molecule has 2 aromatic carbocycles. The first-order chi connectivity index (χ1) is 14.7. The Morgan fingerprint density at radius 3 is 2.26 bits per heavy atom. The van der Waals surface area contributed by atoms with Crippen molar-refractivity contribution < 1.29 is 14.5 Å². The lowest BCUT2D eigenvalue weighted by Crippen LogP contribution is -2.55. The quantitative estimate of drug-likeness (QED) is 0.563. The van der Waals surface area contributed by atoms with Gasteiger partial charge in [0, 0.05) is 49.7 Å². The number of carbonyl (C=O) groups is 2. The van der Waals surface area contributed by atoms with Crippen LogP contribution in [-0.4, -0.2) is 54.0 Å². The fourth-order valence-corrected chi connectivity index (χ4v) is 3.64. The minimum atomic E-state index is -0.548. The van der Waals surface area contributed by atoms with Gasteiger partial charge in [0.15, 0.2) is 0 Å². The summed E-state index contributed by atoms with van der Waals surface area (Å²) in [5.74, 6) is -0.356. The van der Waals surface area contributed by atoms with Crippen LogP contribution < -0.4 is 15.5 Å². The van der Waals surface area contributed by atoms with E-state index in [-0.39, 0.29) is 11.6 Å². The molecule has 0 spiro atoms. The molecule has 3 amide bonds. The van der Waals surface area contributed by atoms with Gasteiger partial charge < -0.3 is 10.2 Å². The molecule has 0 aliphatic carbocycles. The van der Waals surface area contributed by atoms with Gasteiger partial charge in [-0.1, -0.05) is 17.7 Å². The summed E-state index contributed by atoms with van der Waals surface area (Å²) in [6.45, 7) is 8.31. The number of non-ortho nitro benzene ring substituents is 1. The monoisotopic (exact) mass is 425 g/mol. The van der Waals surface area contributed by atoms with Gasteiger partial charge in [0.05, 0.1) is 11.0 Å². The normalized spacial score (nSPS) is 15.3. The number of rotatable bonds is 5. The molecule has 1 aliphatic rings. The predicted octanol–water partition coefficient (Wildman–Crippen LogP) is 3.07. The van der Waals surface area contributed by atoms with E-state index in [1.54, 1.807) is 19.1 Å². The molecule has 1 aliphatic heterocycles. The third kappa shape index (κ3) is 5.58. The van der Waals surface area contributed by atoms with Crippen LogP contribution in [0.1, 0.15) is 18.1 Å². The van der Waals surface area contributed by atoms with Gasteiger partial charge in [0.2, 0.25) is 5.91 Å². The Bertz CT molecular complexity index is 968. The fourth-order valence-electron chi connectivity index (χ4n) is 3.64. The van der Waals surface area contributed by atoms with E-state index >= 15 is 0 Å². The van der Waals surface area contributed by atoms with Crippen molar-refractivity contribution >= 4 is 29.0 Å². The Labute approximate surface area is 181 Å². The molecule has 2 aromatic rings. The molecular formula is C22H27N5O4. The highest BCUT2D eigenvalue weighted by atomic mass is 16.6. The molecule has 1 saturated heterocycles. The number of amides is 3. The minimum absolute atomic E-state index is 0.0618. The lowest BCUT2D eigenvalue weighted by Gasteiger charge is -2.38. The second-order valence-electron chi connectivity index (χ2n) is 7.73. The Kier molecular flexibility index (Phi) is 6.86. The summed E-state index contributed by atoms with van der Waals surface area (Å²) < 4.78 is 0. The molecule has 0 aromatic heterocycles. The first kappa shape index (κ1) is 22.2. The molecule has 9 heteroatoms. The van der Waals surface area contributed by atoms with Crippen molar-refractivity contribution in [3.05, 3.63) is 63.7 Å². The van der Waals surface area contributed by atoms with Crippen LogP contribution >= 0.6 is 0 Å². The number of hydrogen-bond donors (Lipinski definition) is 2. The number of imide groups is 1. The van der Waals surface area contributed by atoms with Crippen LogP contribution in [0.25, 0.3) is 0 Å². The number of hydrogen-bond acceptors (Lipinski definition) is 6. The van der Waals surface area contributed by atoms with E-state index in [0.717, 1.165) is 16.8 Å². The third-order valence-corrected chi connectivity index (χ3v) is 5.53. The number of piperazine rings is 1. The molecule has 3 rings (SSSR count). The molecule has 9 nitrogen and oxygen atoms in total. The summed E-state index contributed by atoms with van der Waals surface area (Å²) in [6, 6.07) is 11.1. The number of carbonyl (C=O) groups excluding carboxylic acids is 2. The van der Waals surface area contributed by atoms with Gasteiger partial charge in [-0.25, -0.2) is 4.79 Å². The number of nitro benzene ring substituents is 1. The van der Waals surface area contributed by atoms with Crippen LogP contribution in [0.3, 0.4) is 0 Å². The summed E-state index contributed by atoms with van der Waals surface area (Å²) in [4.78, 5) is 39.3. The molecule has 0 bridgehead atoms. The summed E-state index contributed by atoms with van der Waals surface area (Å²) in [7, 11) is 0. The van der Waals surface area contributed by atoms with Crippen LogP contribution in [0.4, 0.5) is 21.9 Å². The lowest BCUT2D eigenvalue weighted by atomic mass is 10.1. The van der Waals surface area contributed by atoms with Crippen molar-refractivity contribution in [2.75, 3.05) is 36.4 Å². The van der Waals surface area contributed by atoms with Gasteiger partial charge in [-0.05, 0) is 44.5 Å². The standard InChI is InChI=1S/C22H27N5O4/c1-15-4-9-20(16(2)14-15)23-22(29)24-21(28)17(3)25-10-12-26(13-11-25)18-5-7-19(8-6-18)27(30)31/h4-9,14,17H,10-13H2,1-3H3,(H2,23,24,28,29)/t17-/m0/s1. The zero-order valence-corrected chi connectivity index (χ0v) is 17.9. The van der Waals surface area contributed by atoms with Crippen molar-refractivity contribution in [3.8, 4) is 0 Å². The van der Waals surface area contributed by atoms with Gasteiger partial charge >= 0.3 is 6.03 Å². The molecular weight excluding hydrogens is 398 g/mol. The number of nitro groups is 1. The summed E-state index contributed by atoms with van der Waals surface area (Å²) in [5, 5.41) is 15.9. The first-order valence-electron chi connectivity index (χ1n) is 10.2. The fraction of sp³-hybridized carbons (Fsp3) is 0.364. The van der Waals surface area contributed by atoms with E-state index in [4.69, 9.17) is 0 Å². The number of urea groups is 1. The topological polar surface area (TPSA) is 108 Å². The zero-order valence-electron chi connectivity index (χ0n) is 17.9. The molecule has 1 fully saturated rings. The average molecular weight is 425 g/mol. The lowest BCUT2D eigenvalue weighted by molar-refractivity contribution is -0.384. The Hall–Kier alpha value is -3.46. The van der Waals surface area contributed by atoms with Gasteiger partial charge in [0.1, 0.15) is 0 Å². The van der Waals surface area contributed by atoms with Crippen LogP contribution in [0.5, 0.6) is 0 Å². The molecule has 1 atom stereocenters. The maximum Gasteiger partial charge on any atom is 0.325 e. The summed E-state index contributed by atoms with van der Waals surface area (Å²) in [5.41, 5.74) is 3.67. The van der Waals surface area contributed by atoms with E-state index in [9.17, 15) is 19.7 Å². The molecule has 2 N–H and O–H groups in total. The Balaban J connectivity index is 1.50. The highest BCUT2D eigenvalue weighted by molar-refractivity contribution is 6.03. The Morgan fingerprint density at radius 2 is 1.68 bits per heavy atom. The van der Waals surface area contributed by atoms with Gasteiger partial charge in [-0.15, -0.1) is 0 Å². The van der Waals surface area contributed by atoms with Crippen LogP contribution in [0.2, 0.25) is 0 Å². The van der Waals surface area contributed by atoms with Crippen LogP contribution in [-0.2, 0) is 4.79 Å². The zero-order chi connectivity index (χ0) is 22.5. The number of benzene rings is 2. The van der Waals surface area contributed by atoms with E-state index < -0.39 is 17.0 Å². The predicted molar refractivity (Wildman–Crippen MR) is 119 cm³/mol. The summed E-state index contributed by atoms with van der Waals surface area (Å²) in [6.07, 6.45) is 0. The number of aryl methyl sites for hydroxylation is 2. The third-order valence-electron chi connectivity index (χ3n) is 5.53. The van der Waals surface area contributed by atoms with Crippen molar-refractivity contribution in [3.63, 3.8) is 0 Å². The number of nitrogens with one attached hydrogen (secondary N) is 2. The second kappa shape index (κ2) is 9.57. The average Bonchev–Trinajstić information content (AvgIpc) is 2.75. The van der Waals surface area contributed by atoms with E-state index in [0.29, 0.717) is 31.9 Å². The van der Waals surface area contributed by atoms with E-state index in [1.807, 2.05) is 36.9 Å². The van der Waals surface area contributed by atoms with E-state index in [2.05, 4.69) is 15.5 Å². The van der Waals surface area contributed by atoms with Gasteiger partial charge in [-0.2, -0.15) is 0 Å². The smallest absolute Gasteiger partial charge is 0.325 e. The van der Waals surface area contributed by atoms with E-state index in [1.165, 1.54) is 12.1 Å². The summed E-state index contributed by atoms with van der Waals surface area (Å²) >= 11 is 0. The highest BCUT2D eigenvalue weighted by Gasteiger charge is 2.27. The SMILES string of the molecule is Cc1ccc(NC(=O)NC(=O)[C@H](C)N2CCN(c3ccc([N+](=O)[O-])cc3)CC2)c(C)c1. The van der Waals surface area contributed by atoms with Crippen molar-refractivity contribution in [2.45, 2.75) is 26.8 Å².